The summed E-state index contributed by atoms with van der Waals surface area (Å²) in [6.45, 7) is 9.27. The third-order valence-corrected chi connectivity index (χ3v) is 4.74. The minimum Gasteiger partial charge on any atom is -0.484 e. The summed E-state index contributed by atoms with van der Waals surface area (Å²) in [5.41, 5.74) is -0.522. The lowest BCUT2D eigenvalue weighted by atomic mass is 10.2. The van der Waals surface area contributed by atoms with Crippen LogP contribution < -0.4 is 15.7 Å². The van der Waals surface area contributed by atoms with Crippen molar-refractivity contribution in [3.8, 4) is 5.75 Å². The Labute approximate surface area is 180 Å². The van der Waals surface area contributed by atoms with Gasteiger partial charge in [-0.3, -0.25) is 9.69 Å². The monoisotopic (exact) mass is 431 g/mol. The molecule has 0 aliphatic carbocycles. The number of amides is 2. The van der Waals surface area contributed by atoms with Crippen molar-refractivity contribution in [2.45, 2.75) is 26.4 Å². The van der Waals surface area contributed by atoms with Crippen molar-refractivity contribution >= 4 is 23.0 Å². The molecule has 1 fully saturated rings. The molecule has 168 valence electrons. The number of nitrogens with one attached hydrogen (secondary N) is 1. The fourth-order valence-electron chi connectivity index (χ4n) is 3.16. The Morgan fingerprint density at radius 1 is 1.10 bits per heavy atom. The highest BCUT2D eigenvalue weighted by molar-refractivity contribution is 5.79. The quantitative estimate of drug-likeness (QED) is 0.697. The standard InChI is InChI=1S/C22H29N3O6/c1-22(2,3)31-21(28)25-12-10-24(11-13-25)9-8-23-19(26)15-29-17-6-4-16-5-7-20(27)30-18(16)14-17/h4-7,14H,8-13,15H2,1-3H3,(H,23,26). The van der Waals surface area contributed by atoms with Gasteiger partial charge in [0.25, 0.3) is 5.91 Å². The van der Waals surface area contributed by atoms with E-state index in [1.165, 1.54) is 6.07 Å². The van der Waals surface area contributed by atoms with Crippen LogP contribution in [0.1, 0.15) is 20.8 Å². The first kappa shape index (κ1) is 22.6. The second-order valence-corrected chi connectivity index (χ2v) is 8.40. The first-order chi connectivity index (χ1) is 14.7. The lowest BCUT2D eigenvalue weighted by Gasteiger charge is -2.35. The van der Waals surface area contributed by atoms with Gasteiger partial charge in [-0.25, -0.2) is 9.59 Å². The molecule has 3 rings (SSSR count). The van der Waals surface area contributed by atoms with Gasteiger partial charge in [-0.05, 0) is 39.0 Å². The predicted octanol–water partition coefficient (Wildman–Crippen LogP) is 1.84. The second kappa shape index (κ2) is 9.82. The summed E-state index contributed by atoms with van der Waals surface area (Å²) in [5, 5.41) is 3.61. The zero-order valence-electron chi connectivity index (χ0n) is 18.2. The second-order valence-electron chi connectivity index (χ2n) is 8.40. The van der Waals surface area contributed by atoms with E-state index in [0.29, 0.717) is 37.5 Å². The van der Waals surface area contributed by atoms with Crippen LogP contribution >= 0.6 is 0 Å². The number of benzene rings is 1. The van der Waals surface area contributed by atoms with E-state index in [0.717, 1.165) is 18.5 Å². The van der Waals surface area contributed by atoms with Crippen LogP contribution in [0.25, 0.3) is 11.0 Å². The topological polar surface area (TPSA) is 101 Å². The normalized spacial score (nSPS) is 15.0. The number of hydrogen-bond acceptors (Lipinski definition) is 7. The maximum atomic E-state index is 12.1. The van der Waals surface area contributed by atoms with Gasteiger partial charge >= 0.3 is 11.7 Å². The predicted molar refractivity (Wildman–Crippen MR) is 115 cm³/mol. The maximum Gasteiger partial charge on any atom is 0.410 e. The van der Waals surface area contributed by atoms with E-state index in [9.17, 15) is 14.4 Å². The van der Waals surface area contributed by atoms with Gasteiger partial charge in [0.1, 0.15) is 16.9 Å². The molecule has 2 amide bonds. The molecule has 31 heavy (non-hydrogen) atoms. The van der Waals surface area contributed by atoms with Gasteiger partial charge in [0, 0.05) is 56.8 Å². The average Bonchev–Trinajstić information content (AvgIpc) is 2.71. The molecule has 1 N–H and O–H groups in total. The van der Waals surface area contributed by atoms with Gasteiger partial charge in [0.2, 0.25) is 0 Å². The molecule has 2 heterocycles. The first-order valence-electron chi connectivity index (χ1n) is 10.3. The van der Waals surface area contributed by atoms with Crippen LogP contribution in [0.15, 0.2) is 39.5 Å². The van der Waals surface area contributed by atoms with Crippen molar-refractivity contribution in [3.63, 3.8) is 0 Å². The maximum absolute atomic E-state index is 12.1. The van der Waals surface area contributed by atoms with Crippen molar-refractivity contribution in [1.82, 2.24) is 15.1 Å². The number of piperazine rings is 1. The van der Waals surface area contributed by atoms with Crippen molar-refractivity contribution in [1.29, 1.82) is 0 Å². The zero-order valence-corrected chi connectivity index (χ0v) is 18.2. The van der Waals surface area contributed by atoms with Crippen LogP contribution in [0, 0.1) is 0 Å². The molecule has 0 spiro atoms. The first-order valence-corrected chi connectivity index (χ1v) is 10.3. The molecule has 0 bridgehead atoms. The summed E-state index contributed by atoms with van der Waals surface area (Å²) >= 11 is 0. The van der Waals surface area contributed by atoms with Gasteiger partial charge in [0.05, 0.1) is 0 Å². The smallest absolute Gasteiger partial charge is 0.410 e. The molecule has 2 aromatic rings. The van der Waals surface area contributed by atoms with E-state index in [1.54, 1.807) is 29.2 Å². The summed E-state index contributed by atoms with van der Waals surface area (Å²) in [6.07, 6.45) is -0.287. The fourth-order valence-corrected chi connectivity index (χ4v) is 3.16. The van der Waals surface area contributed by atoms with E-state index in [4.69, 9.17) is 13.9 Å². The van der Waals surface area contributed by atoms with E-state index >= 15 is 0 Å². The lowest BCUT2D eigenvalue weighted by molar-refractivity contribution is -0.123. The largest absolute Gasteiger partial charge is 0.484 e. The summed E-state index contributed by atoms with van der Waals surface area (Å²) < 4.78 is 16.0. The molecule has 0 atom stereocenters. The number of hydrogen-bond donors (Lipinski definition) is 1. The van der Waals surface area contributed by atoms with Crippen LogP contribution in [0.3, 0.4) is 0 Å². The van der Waals surface area contributed by atoms with Crippen LogP contribution in [0.5, 0.6) is 5.75 Å². The zero-order chi connectivity index (χ0) is 22.4. The van der Waals surface area contributed by atoms with Gasteiger partial charge < -0.3 is 24.1 Å². The summed E-state index contributed by atoms with van der Waals surface area (Å²) in [5.74, 6) is 0.220. The Kier molecular flexibility index (Phi) is 7.17. The summed E-state index contributed by atoms with van der Waals surface area (Å²) in [6, 6.07) is 8.11. The van der Waals surface area contributed by atoms with Crippen molar-refractivity contribution in [2.75, 3.05) is 45.9 Å². The number of carbonyl (C=O) groups excluding carboxylic acids is 2. The molecule has 0 unspecified atom stereocenters. The molecular weight excluding hydrogens is 402 g/mol. The van der Waals surface area contributed by atoms with Crippen LogP contribution in [0.4, 0.5) is 4.79 Å². The third-order valence-electron chi connectivity index (χ3n) is 4.74. The van der Waals surface area contributed by atoms with Crippen molar-refractivity contribution in [3.05, 3.63) is 40.8 Å². The lowest BCUT2D eigenvalue weighted by Crippen LogP contribution is -2.51. The Bertz CT molecular complexity index is 973. The minimum absolute atomic E-state index is 0.130. The molecule has 1 saturated heterocycles. The van der Waals surface area contributed by atoms with Gasteiger partial charge in [0.15, 0.2) is 6.61 Å². The SMILES string of the molecule is CC(C)(C)OC(=O)N1CCN(CCNC(=O)COc2ccc3ccc(=O)oc3c2)CC1. The molecule has 9 heteroatoms. The van der Waals surface area contributed by atoms with E-state index in [-0.39, 0.29) is 18.6 Å². The fraction of sp³-hybridized carbons (Fsp3) is 0.500. The molecule has 1 aliphatic rings. The molecular formula is C22H29N3O6. The Morgan fingerprint density at radius 2 is 1.81 bits per heavy atom. The summed E-state index contributed by atoms with van der Waals surface area (Å²) in [4.78, 5) is 39.4. The molecule has 0 radical (unpaired) electrons. The number of ether oxygens (including phenoxy) is 2. The molecule has 1 aromatic heterocycles. The third kappa shape index (κ3) is 6.99. The van der Waals surface area contributed by atoms with E-state index in [2.05, 4.69) is 10.2 Å². The highest BCUT2D eigenvalue weighted by atomic mass is 16.6. The molecule has 1 aromatic carbocycles. The average molecular weight is 431 g/mol. The van der Waals surface area contributed by atoms with Crippen molar-refractivity contribution in [2.24, 2.45) is 0 Å². The van der Waals surface area contributed by atoms with Gasteiger partial charge in [-0.1, -0.05) is 0 Å². The van der Waals surface area contributed by atoms with Crippen LogP contribution in [0.2, 0.25) is 0 Å². The molecule has 9 nitrogen and oxygen atoms in total. The van der Waals surface area contributed by atoms with Crippen molar-refractivity contribution < 1.29 is 23.5 Å². The highest BCUT2D eigenvalue weighted by Gasteiger charge is 2.25. The van der Waals surface area contributed by atoms with E-state index in [1.807, 2.05) is 20.8 Å². The molecule has 0 saturated carbocycles. The van der Waals surface area contributed by atoms with E-state index < -0.39 is 11.2 Å². The minimum atomic E-state index is -0.499. The molecule has 1 aliphatic heterocycles. The number of nitrogens with zero attached hydrogens (tertiary/aromatic N) is 2. The Hall–Kier alpha value is -3.07. The Morgan fingerprint density at radius 3 is 2.52 bits per heavy atom. The van der Waals surface area contributed by atoms with Crippen LogP contribution in [-0.4, -0.2) is 73.3 Å². The van der Waals surface area contributed by atoms with Crippen LogP contribution in [-0.2, 0) is 9.53 Å². The number of rotatable bonds is 6. The summed E-state index contributed by atoms with van der Waals surface area (Å²) in [7, 11) is 0. The Balaban J connectivity index is 1.35. The van der Waals surface area contributed by atoms with Gasteiger partial charge in [-0.15, -0.1) is 0 Å². The number of carbonyl (C=O) groups is 2. The highest BCUT2D eigenvalue weighted by Crippen LogP contribution is 2.19. The number of fused-ring (bicyclic) bond motifs is 1. The van der Waals surface area contributed by atoms with Gasteiger partial charge in [-0.2, -0.15) is 0 Å².